The van der Waals surface area contributed by atoms with Crippen molar-refractivity contribution >= 4 is 15.7 Å². The van der Waals surface area contributed by atoms with E-state index in [1.807, 2.05) is 6.07 Å². The number of rotatable bonds is 5. The summed E-state index contributed by atoms with van der Waals surface area (Å²) in [5.41, 5.74) is 1.86. The van der Waals surface area contributed by atoms with Crippen LogP contribution in [-0.4, -0.2) is 34.2 Å². The maximum atomic E-state index is 12.5. The lowest BCUT2D eigenvalue weighted by Gasteiger charge is -2.21. The molecule has 21 heavy (non-hydrogen) atoms. The highest BCUT2D eigenvalue weighted by atomic mass is 32.2. The zero-order valence-electron chi connectivity index (χ0n) is 12.1. The van der Waals surface area contributed by atoms with Crippen molar-refractivity contribution in [3.8, 4) is 0 Å². The maximum Gasteiger partial charge on any atom is 0.240 e. The van der Waals surface area contributed by atoms with Crippen molar-refractivity contribution in [3.63, 3.8) is 0 Å². The molecule has 0 amide bonds. The third-order valence-corrected chi connectivity index (χ3v) is 5.67. The fraction of sp³-hybridized carbons (Fsp3) is 0.600. The molecule has 0 spiro atoms. The minimum atomic E-state index is -3.44. The van der Waals surface area contributed by atoms with E-state index < -0.39 is 10.0 Å². The molecule has 1 aromatic carbocycles. The van der Waals surface area contributed by atoms with Gasteiger partial charge in [0.2, 0.25) is 10.0 Å². The predicted molar refractivity (Wildman–Crippen MR) is 82.0 cm³/mol. The first kappa shape index (κ1) is 14.8. The van der Waals surface area contributed by atoms with E-state index in [1.165, 1.54) is 0 Å². The van der Waals surface area contributed by atoms with E-state index in [2.05, 4.69) is 10.0 Å². The van der Waals surface area contributed by atoms with Crippen molar-refractivity contribution in [2.75, 3.05) is 25.0 Å². The largest absolute Gasteiger partial charge is 0.385 e. The van der Waals surface area contributed by atoms with Gasteiger partial charge in [-0.25, -0.2) is 13.1 Å². The van der Waals surface area contributed by atoms with Crippen LogP contribution in [0.3, 0.4) is 0 Å². The van der Waals surface area contributed by atoms with Gasteiger partial charge in [0.15, 0.2) is 0 Å². The average molecular weight is 310 g/mol. The first-order chi connectivity index (χ1) is 10.2. The summed E-state index contributed by atoms with van der Waals surface area (Å²) >= 11 is 0. The molecule has 0 bridgehead atoms. The highest BCUT2D eigenvalue weighted by Crippen LogP contribution is 2.28. The van der Waals surface area contributed by atoms with E-state index in [0.29, 0.717) is 11.4 Å². The second-order valence-corrected chi connectivity index (χ2v) is 7.37. The third-order valence-electron chi connectivity index (χ3n) is 4.12. The molecule has 1 saturated heterocycles. The monoisotopic (exact) mass is 310 g/mol. The van der Waals surface area contributed by atoms with E-state index >= 15 is 0 Å². The van der Waals surface area contributed by atoms with Gasteiger partial charge in [0.05, 0.1) is 11.0 Å². The van der Waals surface area contributed by atoms with Gasteiger partial charge in [0.25, 0.3) is 0 Å². The zero-order valence-corrected chi connectivity index (χ0v) is 12.9. The Morgan fingerprint density at radius 1 is 1.33 bits per heavy atom. The normalized spacial score (nSPS) is 21.8. The molecule has 116 valence electrons. The number of nitrogens with one attached hydrogen (secondary N) is 2. The van der Waals surface area contributed by atoms with Crippen molar-refractivity contribution < 1.29 is 13.2 Å². The molecule has 2 N–H and O–H groups in total. The van der Waals surface area contributed by atoms with Crippen LogP contribution in [0.2, 0.25) is 0 Å². The molecule has 1 aromatic rings. The van der Waals surface area contributed by atoms with Gasteiger partial charge in [0, 0.05) is 25.4 Å². The van der Waals surface area contributed by atoms with Gasteiger partial charge in [-0.3, -0.25) is 0 Å². The Morgan fingerprint density at radius 3 is 3.05 bits per heavy atom. The van der Waals surface area contributed by atoms with Gasteiger partial charge in [0.1, 0.15) is 0 Å². The van der Waals surface area contributed by atoms with Gasteiger partial charge < -0.3 is 10.1 Å². The van der Waals surface area contributed by atoms with Crippen LogP contribution in [0.5, 0.6) is 0 Å². The molecular formula is C15H22N2O3S. The Bertz CT molecular complexity index is 595. The molecule has 2 heterocycles. The van der Waals surface area contributed by atoms with Crippen LogP contribution in [0.1, 0.15) is 31.2 Å². The van der Waals surface area contributed by atoms with Gasteiger partial charge in [-0.2, -0.15) is 0 Å². The average Bonchev–Trinajstić information content (AvgIpc) is 3.00. The fourth-order valence-electron chi connectivity index (χ4n) is 3.03. The van der Waals surface area contributed by atoms with Gasteiger partial charge >= 0.3 is 0 Å². The molecule has 2 aliphatic rings. The van der Waals surface area contributed by atoms with Crippen molar-refractivity contribution in [2.24, 2.45) is 0 Å². The van der Waals surface area contributed by atoms with Crippen LogP contribution in [0, 0.1) is 0 Å². The second-order valence-electron chi connectivity index (χ2n) is 5.63. The van der Waals surface area contributed by atoms with Crippen LogP contribution in [0.4, 0.5) is 5.69 Å². The van der Waals surface area contributed by atoms with Gasteiger partial charge in [-0.15, -0.1) is 0 Å². The first-order valence-corrected chi connectivity index (χ1v) is 9.12. The van der Waals surface area contributed by atoms with Crippen molar-refractivity contribution in [2.45, 2.75) is 43.1 Å². The molecule has 6 heteroatoms. The SMILES string of the molecule is O=S(=O)(NCCC1CCCO1)c1cccc2c1CCCN2. The van der Waals surface area contributed by atoms with Crippen LogP contribution in [-0.2, 0) is 21.2 Å². The van der Waals surface area contributed by atoms with Crippen LogP contribution >= 0.6 is 0 Å². The molecule has 2 aliphatic heterocycles. The first-order valence-electron chi connectivity index (χ1n) is 7.64. The molecule has 0 aliphatic carbocycles. The smallest absolute Gasteiger partial charge is 0.240 e. The standard InChI is InChI=1S/C15H22N2O3S/c18-21(19,17-10-8-12-4-3-11-20-12)15-7-1-6-14-13(15)5-2-9-16-14/h1,6-7,12,16-17H,2-5,8-11H2. The van der Waals surface area contributed by atoms with E-state index in [4.69, 9.17) is 4.74 Å². The van der Waals surface area contributed by atoms with Crippen molar-refractivity contribution in [3.05, 3.63) is 23.8 Å². The zero-order chi connectivity index (χ0) is 14.7. The summed E-state index contributed by atoms with van der Waals surface area (Å²) in [5, 5.41) is 3.26. The topological polar surface area (TPSA) is 67.4 Å². The minimum Gasteiger partial charge on any atom is -0.385 e. The Kier molecular flexibility index (Phi) is 4.47. The number of sulfonamides is 1. The van der Waals surface area contributed by atoms with E-state index in [1.54, 1.807) is 12.1 Å². The number of benzene rings is 1. The summed E-state index contributed by atoms with van der Waals surface area (Å²) in [6, 6.07) is 5.44. The summed E-state index contributed by atoms with van der Waals surface area (Å²) in [6.07, 6.45) is 4.84. The summed E-state index contributed by atoms with van der Waals surface area (Å²) < 4.78 is 33.2. The molecule has 5 nitrogen and oxygen atoms in total. The molecule has 0 aromatic heterocycles. The van der Waals surface area contributed by atoms with Crippen molar-refractivity contribution in [1.29, 1.82) is 0 Å². The Labute approximate surface area is 126 Å². The Morgan fingerprint density at radius 2 is 2.24 bits per heavy atom. The lowest BCUT2D eigenvalue weighted by atomic mass is 10.0. The Balaban J connectivity index is 1.69. The number of ether oxygens (including phenoxy) is 1. The lowest BCUT2D eigenvalue weighted by Crippen LogP contribution is -2.29. The number of anilines is 1. The molecule has 1 fully saturated rings. The highest BCUT2D eigenvalue weighted by molar-refractivity contribution is 7.89. The molecule has 0 radical (unpaired) electrons. The van der Waals surface area contributed by atoms with E-state index in [0.717, 1.165) is 56.5 Å². The third kappa shape index (κ3) is 3.39. The summed E-state index contributed by atoms with van der Waals surface area (Å²) in [6.45, 7) is 2.14. The lowest BCUT2D eigenvalue weighted by molar-refractivity contribution is 0.105. The van der Waals surface area contributed by atoms with Gasteiger partial charge in [-0.05, 0) is 49.8 Å². The summed E-state index contributed by atoms with van der Waals surface area (Å²) in [7, 11) is -3.44. The van der Waals surface area contributed by atoms with Crippen LogP contribution in [0.15, 0.2) is 23.1 Å². The molecule has 3 rings (SSSR count). The number of hydrogen-bond acceptors (Lipinski definition) is 4. The van der Waals surface area contributed by atoms with E-state index in [9.17, 15) is 8.42 Å². The number of fused-ring (bicyclic) bond motifs is 1. The predicted octanol–water partition coefficient (Wildman–Crippen LogP) is 1.89. The summed E-state index contributed by atoms with van der Waals surface area (Å²) in [4.78, 5) is 0.416. The van der Waals surface area contributed by atoms with Crippen LogP contribution < -0.4 is 10.0 Å². The highest BCUT2D eigenvalue weighted by Gasteiger charge is 2.23. The molecular weight excluding hydrogens is 288 g/mol. The molecule has 0 saturated carbocycles. The molecule has 1 unspecified atom stereocenters. The molecule has 1 atom stereocenters. The fourth-order valence-corrected chi connectivity index (χ4v) is 4.37. The minimum absolute atomic E-state index is 0.207. The van der Waals surface area contributed by atoms with Gasteiger partial charge in [-0.1, -0.05) is 6.07 Å². The van der Waals surface area contributed by atoms with E-state index in [-0.39, 0.29) is 6.10 Å². The van der Waals surface area contributed by atoms with Crippen LogP contribution in [0.25, 0.3) is 0 Å². The Hall–Kier alpha value is -1.11. The van der Waals surface area contributed by atoms with Crippen molar-refractivity contribution in [1.82, 2.24) is 4.72 Å². The number of hydrogen-bond donors (Lipinski definition) is 2. The summed E-state index contributed by atoms with van der Waals surface area (Å²) in [5.74, 6) is 0. The quantitative estimate of drug-likeness (QED) is 0.871. The maximum absolute atomic E-state index is 12.5. The second kappa shape index (κ2) is 6.34.